The molecule has 2 rings (SSSR count). The molecule has 1 saturated heterocycles. The highest BCUT2D eigenvalue weighted by atomic mass is 79.9. The Balaban J connectivity index is 2.00. The Morgan fingerprint density at radius 1 is 1.59 bits per heavy atom. The van der Waals surface area contributed by atoms with Crippen LogP contribution in [-0.2, 0) is 11.3 Å². The number of hydrogen-bond acceptors (Lipinski definition) is 2. The summed E-state index contributed by atoms with van der Waals surface area (Å²) in [5.74, 6) is -0.531. The minimum absolute atomic E-state index is 0.0470. The average molecular weight is 301 g/mol. The summed E-state index contributed by atoms with van der Waals surface area (Å²) in [6.07, 6.45) is 0.814. The van der Waals surface area contributed by atoms with Crippen molar-refractivity contribution in [1.29, 1.82) is 0 Å². The number of likely N-dealkylation sites (tertiary alicyclic amines) is 1. The zero-order valence-electron chi connectivity index (χ0n) is 9.33. The van der Waals surface area contributed by atoms with E-state index in [1.54, 1.807) is 6.07 Å². The first-order chi connectivity index (χ1) is 8.06. The number of carbonyl (C=O) groups is 1. The van der Waals surface area contributed by atoms with Crippen LogP contribution in [0.3, 0.4) is 0 Å². The summed E-state index contributed by atoms with van der Waals surface area (Å²) in [6, 6.07) is 4.66. The Hall–Kier alpha value is -0.940. The third-order valence-electron chi connectivity index (χ3n) is 3.08. The first-order valence-corrected chi connectivity index (χ1v) is 6.31. The van der Waals surface area contributed by atoms with Crippen LogP contribution in [0.1, 0.15) is 12.0 Å². The maximum Gasteiger partial charge on any atom is 0.221 e. The summed E-state index contributed by atoms with van der Waals surface area (Å²) in [5, 5.41) is 0. The van der Waals surface area contributed by atoms with Crippen LogP contribution in [0.15, 0.2) is 22.7 Å². The van der Waals surface area contributed by atoms with Gasteiger partial charge in [0.1, 0.15) is 5.82 Å². The van der Waals surface area contributed by atoms with E-state index in [0.29, 0.717) is 13.1 Å². The molecule has 0 unspecified atom stereocenters. The van der Waals surface area contributed by atoms with E-state index in [2.05, 4.69) is 20.8 Å². The second-order valence-electron chi connectivity index (χ2n) is 4.36. The zero-order valence-corrected chi connectivity index (χ0v) is 10.9. The Kier molecular flexibility index (Phi) is 3.79. The van der Waals surface area contributed by atoms with E-state index in [0.717, 1.165) is 23.0 Å². The van der Waals surface area contributed by atoms with Gasteiger partial charge in [0.15, 0.2) is 0 Å². The zero-order chi connectivity index (χ0) is 12.4. The SMILES string of the molecule is NC(=O)[C@H]1CCN(Cc2ccc(F)cc2Br)C1. The quantitative estimate of drug-likeness (QED) is 0.927. The smallest absolute Gasteiger partial charge is 0.221 e. The van der Waals surface area contributed by atoms with Gasteiger partial charge in [0.25, 0.3) is 0 Å². The number of hydrogen-bond donors (Lipinski definition) is 1. The van der Waals surface area contributed by atoms with Crippen molar-refractivity contribution in [1.82, 2.24) is 4.90 Å². The number of halogens is 2. The number of amides is 1. The Morgan fingerprint density at radius 3 is 2.94 bits per heavy atom. The van der Waals surface area contributed by atoms with Gasteiger partial charge in [0.2, 0.25) is 5.91 Å². The highest BCUT2D eigenvalue weighted by Gasteiger charge is 2.26. The number of nitrogens with two attached hydrogens (primary N) is 1. The van der Waals surface area contributed by atoms with Gasteiger partial charge in [0.05, 0.1) is 5.92 Å². The summed E-state index contributed by atoms with van der Waals surface area (Å²) >= 11 is 3.34. The Bertz CT molecular complexity index is 439. The molecule has 1 atom stereocenters. The van der Waals surface area contributed by atoms with Gasteiger partial charge < -0.3 is 5.73 Å². The fourth-order valence-corrected chi connectivity index (χ4v) is 2.58. The molecule has 5 heteroatoms. The van der Waals surface area contributed by atoms with Crippen molar-refractivity contribution < 1.29 is 9.18 Å². The Labute approximate surface area is 108 Å². The van der Waals surface area contributed by atoms with Crippen molar-refractivity contribution in [3.8, 4) is 0 Å². The predicted octanol–water partition coefficient (Wildman–Crippen LogP) is 1.90. The highest BCUT2D eigenvalue weighted by Crippen LogP contribution is 2.23. The van der Waals surface area contributed by atoms with Crippen LogP contribution in [0.5, 0.6) is 0 Å². The van der Waals surface area contributed by atoms with Gasteiger partial charge in [0, 0.05) is 17.6 Å². The van der Waals surface area contributed by atoms with Crippen LogP contribution in [0.25, 0.3) is 0 Å². The van der Waals surface area contributed by atoms with Gasteiger partial charge in [-0.3, -0.25) is 9.69 Å². The van der Waals surface area contributed by atoms with E-state index in [1.165, 1.54) is 12.1 Å². The largest absolute Gasteiger partial charge is 0.369 e. The lowest BCUT2D eigenvalue weighted by molar-refractivity contribution is -0.121. The number of carbonyl (C=O) groups excluding carboxylic acids is 1. The molecule has 3 nitrogen and oxygen atoms in total. The van der Waals surface area contributed by atoms with E-state index >= 15 is 0 Å². The van der Waals surface area contributed by atoms with Crippen molar-refractivity contribution >= 4 is 21.8 Å². The lowest BCUT2D eigenvalue weighted by Crippen LogP contribution is -2.27. The number of nitrogens with zero attached hydrogens (tertiary/aromatic N) is 1. The molecule has 1 aromatic rings. The van der Waals surface area contributed by atoms with Crippen LogP contribution in [0.4, 0.5) is 4.39 Å². The van der Waals surface area contributed by atoms with E-state index < -0.39 is 0 Å². The van der Waals surface area contributed by atoms with Crippen molar-refractivity contribution in [2.24, 2.45) is 11.7 Å². The molecular formula is C12H14BrFN2O. The summed E-state index contributed by atoms with van der Waals surface area (Å²) in [6.45, 7) is 2.27. The van der Waals surface area contributed by atoms with Crippen LogP contribution in [0, 0.1) is 11.7 Å². The summed E-state index contributed by atoms with van der Waals surface area (Å²) < 4.78 is 13.7. The van der Waals surface area contributed by atoms with E-state index in [4.69, 9.17) is 5.73 Å². The summed E-state index contributed by atoms with van der Waals surface area (Å²) in [4.78, 5) is 13.2. The molecule has 0 aromatic heterocycles. The summed E-state index contributed by atoms with van der Waals surface area (Å²) in [5.41, 5.74) is 6.30. The van der Waals surface area contributed by atoms with Gasteiger partial charge in [-0.1, -0.05) is 22.0 Å². The molecular weight excluding hydrogens is 287 g/mol. The number of benzene rings is 1. The molecule has 1 aromatic carbocycles. The molecule has 0 spiro atoms. The van der Waals surface area contributed by atoms with Gasteiger partial charge in [-0.05, 0) is 30.7 Å². The lowest BCUT2D eigenvalue weighted by atomic mass is 10.1. The highest BCUT2D eigenvalue weighted by molar-refractivity contribution is 9.10. The molecule has 1 aliphatic heterocycles. The molecule has 1 heterocycles. The number of primary amides is 1. The van der Waals surface area contributed by atoms with Crippen LogP contribution in [0.2, 0.25) is 0 Å². The van der Waals surface area contributed by atoms with E-state index in [-0.39, 0.29) is 17.6 Å². The third kappa shape index (κ3) is 3.04. The molecule has 1 amide bonds. The molecule has 0 bridgehead atoms. The van der Waals surface area contributed by atoms with Crippen LogP contribution in [-0.4, -0.2) is 23.9 Å². The van der Waals surface area contributed by atoms with Gasteiger partial charge in [-0.15, -0.1) is 0 Å². The van der Waals surface area contributed by atoms with Crippen molar-refractivity contribution in [2.45, 2.75) is 13.0 Å². The average Bonchev–Trinajstić information content (AvgIpc) is 2.71. The molecule has 1 fully saturated rings. The number of rotatable bonds is 3. The van der Waals surface area contributed by atoms with Crippen molar-refractivity contribution in [3.63, 3.8) is 0 Å². The first-order valence-electron chi connectivity index (χ1n) is 5.52. The standard InChI is InChI=1S/C12H14BrFN2O/c13-11-5-10(14)2-1-8(11)6-16-4-3-9(7-16)12(15)17/h1-2,5,9H,3-4,6-7H2,(H2,15,17)/t9-/m0/s1. The molecule has 0 radical (unpaired) electrons. The molecule has 17 heavy (non-hydrogen) atoms. The second-order valence-corrected chi connectivity index (χ2v) is 5.21. The summed E-state index contributed by atoms with van der Waals surface area (Å²) in [7, 11) is 0. The Morgan fingerprint density at radius 2 is 2.35 bits per heavy atom. The first kappa shape index (κ1) is 12.5. The lowest BCUT2D eigenvalue weighted by Gasteiger charge is -2.16. The molecule has 0 aliphatic carbocycles. The fraction of sp³-hybridized carbons (Fsp3) is 0.417. The molecule has 1 aliphatic rings. The van der Waals surface area contributed by atoms with Gasteiger partial charge in [-0.2, -0.15) is 0 Å². The molecule has 0 saturated carbocycles. The second kappa shape index (κ2) is 5.14. The topological polar surface area (TPSA) is 46.3 Å². The van der Waals surface area contributed by atoms with Crippen LogP contribution >= 0.6 is 15.9 Å². The van der Waals surface area contributed by atoms with Gasteiger partial charge >= 0.3 is 0 Å². The maximum absolute atomic E-state index is 12.9. The van der Waals surface area contributed by atoms with Crippen LogP contribution < -0.4 is 5.73 Å². The monoisotopic (exact) mass is 300 g/mol. The normalized spacial score (nSPS) is 20.7. The predicted molar refractivity (Wildman–Crippen MR) is 66.7 cm³/mol. The minimum Gasteiger partial charge on any atom is -0.369 e. The molecule has 92 valence electrons. The van der Waals surface area contributed by atoms with Crippen molar-refractivity contribution in [3.05, 3.63) is 34.1 Å². The van der Waals surface area contributed by atoms with Crippen molar-refractivity contribution in [2.75, 3.05) is 13.1 Å². The molecule has 2 N–H and O–H groups in total. The van der Waals surface area contributed by atoms with E-state index in [1.807, 2.05) is 0 Å². The third-order valence-corrected chi connectivity index (χ3v) is 3.82. The van der Waals surface area contributed by atoms with E-state index in [9.17, 15) is 9.18 Å². The van der Waals surface area contributed by atoms with Gasteiger partial charge in [-0.25, -0.2) is 4.39 Å². The maximum atomic E-state index is 12.9. The minimum atomic E-state index is -0.253. The fourth-order valence-electron chi connectivity index (χ4n) is 2.10.